The van der Waals surface area contributed by atoms with Gasteiger partial charge in [-0.3, -0.25) is 33.8 Å². The Morgan fingerprint density at radius 2 is 1.82 bits per heavy atom. The number of ketones is 4. The van der Waals surface area contributed by atoms with Gasteiger partial charge in [0.1, 0.15) is 17.7 Å². The summed E-state index contributed by atoms with van der Waals surface area (Å²) in [4.78, 5) is 69.0. The second-order valence-electron chi connectivity index (χ2n) is 11.5. The topological polar surface area (TPSA) is 158 Å². The van der Waals surface area contributed by atoms with E-state index < -0.39 is 82.1 Å². The average Bonchev–Trinajstić information content (AvgIpc) is 2.85. The fourth-order valence-electron chi connectivity index (χ4n) is 7.12. The van der Waals surface area contributed by atoms with Gasteiger partial charge in [-0.25, -0.2) is 8.78 Å². The zero-order valence-corrected chi connectivity index (χ0v) is 21.7. The molecule has 4 aliphatic rings. The van der Waals surface area contributed by atoms with Gasteiger partial charge in [-0.15, -0.1) is 0 Å². The van der Waals surface area contributed by atoms with Gasteiger partial charge in [-0.1, -0.05) is 0 Å². The number of likely N-dealkylation sites (tertiary alicyclic amines) is 1. The fraction of sp³-hybridized carbons (Fsp3) is 0.593. The van der Waals surface area contributed by atoms with Gasteiger partial charge >= 0.3 is 0 Å². The molecular weight excluding hydrogens is 516 g/mol. The molecule has 3 aliphatic carbocycles. The highest BCUT2D eigenvalue weighted by molar-refractivity contribution is 6.32. The molecule has 1 aromatic rings. The van der Waals surface area contributed by atoms with Crippen molar-refractivity contribution in [1.82, 2.24) is 9.80 Å². The predicted octanol–water partition coefficient (Wildman–Crippen LogP) is -0.0600. The molecule has 1 aromatic carbocycles. The minimum Gasteiger partial charge on any atom is -0.507 e. The van der Waals surface area contributed by atoms with Gasteiger partial charge in [-0.2, -0.15) is 0 Å². The van der Waals surface area contributed by atoms with Crippen molar-refractivity contribution < 1.29 is 43.0 Å². The van der Waals surface area contributed by atoms with E-state index in [1.807, 2.05) is 4.90 Å². The van der Waals surface area contributed by atoms with E-state index in [1.165, 1.54) is 19.0 Å². The minimum absolute atomic E-state index is 0.0697. The summed E-state index contributed by atoms with van der Waals surface area (Å²) in [5, 5.41) is 22.3. The number of nitrogens with zero attached hydrogens (tertiary/aromatic N) is 2. The molecule has 0 spiro atoms. The lowest BCUT2D eigenvalue weighted by Gasteiger charge is -2.52. The fourth-order valence-corrected chi connectivity index (χ4v) is 7.12. The van der Waals surface area contributed by atoms with Gasteiger partial charge in [0.15, 0.2) is 34.7 Å². The van der Waals surface area contributed by atoms with E-state index in [1.54, 1.807) is 0 Å². The van der Waals surface area contributed by atoms with Gasteiger partial charge < -0.3 is 15.9 Å². The van der Waals surface area contributed by atoms with Crippen LogP contribution < -0.4 is 5.73 Å². The number of alkyl halides is 1. The summed E-state index contributed by atoms with van der Waals surface area (Å²) >= 11 is 0. The number of likely N-dealkylation sites (N-methyl/N-ethyl adjacent to an activating group) is 1. The molecule has 4 N–H and O–H groups in total. The third kappa shape index (κ3) is 4.03. The molecule has 210 valence electrons. The Hall–Kier alpha value is -3.09. The Kier molecular flexibility index (Phi) is 6.71. The van der Waals surface area contributed by atoms with Crippen molar-refractivity contribution in [3.63, 3.8) is 0 Å². The molecule has 2 saturated carbocycles. The number of carbonyl (C=O) groups excluding carboxylic acids is 5. The summed E-state index contributed by atoms with van der Waals surface area (Å²) in [7, 11) is 2.98. The van der Waals surface area contributed by atoms with Crippen LogP contribution in [0.1, 0.15) is 40.7 Å². The molecule has 0 aromatic heterocycles. The Morgan fingerprint density at radius 1 is 1.18 bits per heavy atom. The smallest absolute Gasteiger partial charge is 0.235 e. The zero-order chi connectivity index (χ0) is 28.5. The lowest BCUT2D eigenvalue weighted by Crippen LogP contribution is -2.74. The van der Waals surface area contributed by atoms with Crippen LogP contribution in [-0.2, 0) is 32.1 Å². The maximum Gasteiger partial charge on any atom is 0.235 e. The Morgan fingerprint density at radius 3 is 2.41 bits per heavy atom. The van der Waals surface area contributed by atoms with Crippen LogP contribution in [0, 0.1) is 29.5 Å². The maximum absolute atomic E-state index is 15.8. The van der Waals surface area contributed by atoms with Crippen LogP contribution in [0.4, 0.5) is 8.78 Å². The summed E-state index contributed by atoms with van der Waals surface area (Å²) in [6.07, 6.45) is -0.588. The Labute approximate surface area is 223 Å². The van der Waals surface area contributed by atoms with Crippen LogP contribution in [-0.4, -0.2) is 94.1 Å². The number of aliphatic hydroxyl groups is 1. The number of piperidine rings is 1. The van der Waals surface area contributed by atoms with Gasteiger partial charge in [0.25, 0.3) is 0 Å². The molecule has 2 unspecified atom stereocenters. The van der Waals surface area contributed by atoms with E-state index in [9.17, 15) is 38.6 Å². The first-order valence-corrected chi connectivity index (χ1v) is 13.0. The first-order valence-electron chi connectivity index (χ1n) is 13.0. The third-order valence-electron chi connectivity index (χ3n) is 8.98. The molecule has 5 rings (SSSR count). The van der Waals surface area contributed by atoms with Crippen molar-refractivity contribution in [2.24, 2.45) is 29.4 Å². The monoisotopic (exact) mass is 547 g/mol. The van der Waals surface area contributed by atoms with Crippen LogP contribution in [0.2, 0.25) is 0 Å². The molecule has 39 heavy (non-hydrogen) atoms. The number of hydrogen-bond acceptors (Lipinski definition) is 9. The molecule has 12 heteroatoms. The SMILES string of the molecule is CN(C)[C@@H]1C(=O)C(C(N)=O)C(=O)[C@@]2(O)C(=O)C3C(=O)c4c(O)cc(CN5CCC(F)CC5)c(F)c4C[C@H]3C[C@@H]12. The van der Waals surface area contributed by atoms with E-state index in [0.717, 1.165) is 6.07 Å². The molecule has 1 heterocycles. The van der Waals surface area contributed by atoms with Crippen LogP contribution in [0.5, 0.6) is 5.75 Å². The summed E-state index contributed by atoms with van der Waals surface area (Å²) in [5.74, 6) is -12.6. The lowest BCUT2D eigenvalue weighted by atomic mass is 9.52. The van der Waals surface area contributed by atoms with E-state index >= 15 is 4.39 Å². The Bertz CT molecular complexity index is 1290. The average molecular weight is 548 g/mol. The summed E-state index contributed by atoms with van der Waals surface area (Å²) in [5.41, 5.74) is 2.15. The first kappa shape index (κ1) is 27.5. The number of aromatic hydroxyl groups is 1. The number of nitrogens with two attached hydrogens (primary N) is 1. The number of carbonyl (C=O) groups is 5. The number of primary amides is 1. The van der Waals surface area contributed by atoms with Gasteiger partial charge in [0.2, 0.25) is 5.91 Å². The number of benzene rings is 1. The summed E-state index contributed by atoms with van der Waals surface area (Å²) in [6.45, 7) is 0.928. The van der Waals surface area contributed by atoms with Gasteiger partial charge in [0.05, 0.1) is 17.5 Å². The van der Waals surface area contributed by atoms with Crippen LogP contribution in [0.15, 0.2) is 6.07 Å². The van der Waals surface area contributed by atoms with E-state index in [2.05, 4.69) is 0 Å². The number of Topliss-reactive ketones (excluding diaryl/α,β-unsaturated/α-hetero) is 4. The maximum atomic E-state index is 15.8. The number of halogens is 2. The molecule has 1 saturated heterocycles. The number of fused-ring (bicyclic) bond motifs is 3. The standard InChI is InChI=1S/C27H31F2N3O7/c1-31(2)21-15-8-11-7-14-18(16(33)9-12(20(14)29)10-32-5-3-13(28)4-6-32)22(34)17(11)24(36)27(15,39)25(37)19(23(21)35)26(30)38/h9,11,13,15,17,19,21,33,39H,3-8,10H2,1-2H3,(H2,30,38)/t11-,15-,17?,19?,21-,27-/m0/s1. The van der Waals surface area contributed by atoms with Crippen LogP contribution in [0.25, 0.3) is 0 Å². The quantitative estimate of drug-likeness (QED) is 0.439. The second kappa shape index (κ2) is 9.53. The number of rotatable bonds is 4. The van der Waals surface area contributed by atoms with Crippen LogP contribution in [0.3, 0.4) is 0 Å². The molecule has 0 radical (unpaired) electrons. The molecule has 1 aliphatic heterocycles. The lowest BCUT2D eigenvalue weighted by molar-refractivity contribution is -0.181. The van der Waals surface area contributed by atoms with Crippen molar-refractivity contribution in [2.45, 2.75) is 50.0 Å². The number of hydrogen-bond donors (Lipinski definition) is 3. The highest BCUT2D eigenvalue weighted by Gasteiger charge is 2.69. The summed E-state index contributed by atoms with van der Waals surface area (Å²) < 4.78 is 29.3. The minimum atomic E-state index is -2.83. The molecular formula is C27H31F2N3O7. The first-order chi connectivity index (χ1) is 18.3. The molecule has 3 fully saturated rings. The predicted molar refractivity (Wildman–Crippen MR) is 131 cm³/mol. The van der Waals surface area contributed by atoms with Crippen molar-refractivity contribution >= 4 is 29.0 Å². The molecule has 6 atom stereocenters. The second-order valence-corrected chi connectivity index (χ2v) is 11.5. The Balaban J connectivity index is 1.54. The largest absolute Gasteiger partial charge is 0.507 e. The number of phenols is 1. The van der Waals surface area contributed by atoms with Gasteiger partial charge in [0, 0.05) is 36.7 Å². The van der Waals surface area contributed by atoms with E-state index in [-0.39, 0.29) is 36.1 Å². The molecule has 1 amide bonds. The number of amides is 1. The molecule has 10 nitrogen and oxygen atoms in total. The van der Waals surface area contributed by atoms with Crippen molar-refractivity contribution in [1.29, 1.82) is 0 Å². The highest BCUT2D eigenvalue weighted by atomic mass is 19.1. The van der Waals surface area contributed by atoms with Crippen molar-refractivity contribution in [3.8, 4) is 5.75 Å². The zero-order valence-electron chi connectivity index (χ0n) is 21.7. The number of phenolic OH excluding ortho intramolecular Hbond substituents is 1. The van der Waals surface area contributed by atoms with E-state index in [4.69, 9.17) is 5.73 Å². The van der Waals surface area contributed by atoms with Crippen molar-refractivity contribution in [3.05, 3.63) is 28.6 Å². The van der Waals surface area contributed by atoms with Gasteiger partial charge in [-0.05, 0) is 51.8 Å². The van der Waals surface area contributed by atoms with Crippen LogP contribution >= 0.6 is 0 Å². The van der Waals surface area contributed by atoms with Crippen molar-refractivity contribution in [2.75, 3.05) is 27.2 Å². The summed E-state index contributed by atoms with van der Waals surface area (Å²) in [6, 6.07) is -0.108. The highest BCUT2D eigenvalue weighted by Crippen LogP contribution is 2.51. The third-order valence-corrected chi connectivity index (χ3v) is 8.98. The molecule has 0 bridgehead atoms. The van der Waals surface area contributed by atoms with E-state index in [0.29, 0.717) is 25.9 Å². The normalized spacial score (nSPS) is 33.6.